The van der Waals surface area contributed by atoms with Gasteiger partial charge in [0.1, 0.15) is 11.5 Å². The maximum atomic E-state index is 13.0. The fourth-order valence-electron chi connectivity index (χ4n) is 4.08. The van der Waals surface area contributed by atoms with E-state index in [9.17, 15) is 4.79 Å². The van der Waals surface area contributed by atoms with Gasteiger partial charge in [-0.3, -0.25) is 4.79 Å². The van der Waals surface area contributed by atoms with Crippen LogP contribution in [0.5, 0.6) is 0 Å². The molecule has 2 aromatic rings. The topological polar surface area (TPSA) is 63.1 Å². The Morgan fingerprint density at radius 1 is 1.29 bits per heavy atom. The monoisotopic (exact) mass is 395 g/mol. The third kappa shape index (κ3) is 3.11. The third-order valence-corrected chi connectivity index (χ3v) is 5.94. The smallest absolute Gasteiger partial charge is 0.267 e. The van der Waals surface area contributed by atoms with E-state index in [4.69, 9.17) is 11.6 Å². The standard InChI is InChI=1S/C21H22ClN5O/c1-13-24-25-20-8-7-17-18(27(13)20)10-19(21(28)23-11-14-5-6-14)26(17)12-15-3-2-4-16(22)9-15/h2-4,7-10,14,17-18H,5-6,11-12H2,1H3,(H,23,28). The number of benzene rings is 1. The van der Waals surface area contributed by atoms with Crippen molar-refractivity contribution < 1.29 is 4.79 Å². The molecule has 0 saturated heterocycles. The summed E-state index contributed by atoms with van der Waals surface area (Å²) in [7, 11) is 0. The Labute approximate surface area is 168 Å². The fourth-order valence-corrected chi connectivity index (χ4v) is 4.29. The minimum atomic E-state index is -0.0102. The number of fused-ring (bicyclic) bond motifs is 3. The van der Waals surface area contributed by atoms with Crippen molar-refractivity contribution in [3.05, 3.63) is 64.3 Å². The Balaban J connectivity index is 1.48. The van der Waals surface area contributed by atoms with Crippen LogP contribution in [0.1, 0.15) is 36.1 Å². The van der Waals surface area contributed by atoms with Gasteiger partial charge in [0.25, 0.3) is 5.91 Å². The van der Waals surface area contributed by atoms with Crippen LogP contribution < -0.4 is 5.32 Å². The van der Waals surface area contributed by atoms with E-state index in [0.29, 0.717) is 23.2 Å². The Morgan fingerprint density at radius 3 is 2.93 bits per heavy atom. The van der Waals surface area contributed by atoms with Crippen LogP contribution in [-0.2, 0) is 11.3 Å². The zero-order chi connectivity index (χ0) is 19.3. The molecule has 1 aromatic heterocycles. The molecule has 2 atom stereocenters. The van der Waals surface area contributed by atoms with Crippen molar-refractivity contribution >= 4 is 23.6 Å². The Hall–Kier alpha value is -2.60. The van der Waals surface area contributed by atoms with Crippen LogP contribution in [0.3, 0.4) is 0 Å². The van der Waals surface area contributed by atoms with Crippen molar-refractivity contribution in [3.8, 4) is 0 Å². The molecule has 144 valence electrons. The van der Waals surface area contributed by atoms with E-state index in [0.717, 1.165) is 23.8 Å². The van der Waals surface area contributed by atoms with Crippen LogP contribution in [0.4, 0.5) is 0 Å². The van der Waals surface area contributed by atoms with E-state index in [-0.39, 0.29) is 18.0 Å². The maximum Gasteiger partial charge on any atom is 0.267 e. The van der Waals surface area contributed by atoms with Crippen molar-refractivity contribution in [2.75, 3.05) is 6.54 Å². The molecule has 1 N–H and O–H groups in total. The predicted molar refractivity (Wildman–Crippen MR) is 107 cm³/mol. The van der Waals surface area contributed by atoms with Crippen molar-refractivity contribution in [1.29, 1.82) is 0 Å². The highest BCUT2D eigenvalue weighted by Gasteiger charge is 2.40. The number of hydrogen-bond donors (Lipinski definition) is 1. The minimum Gasteiger partial charge on any atom is -0.354 e. The molecular formula is C21H22ClN5O. The summed E-state index contributed by atoms with van der Waals surface area (Å²) in [5, 5.41) is 12.3. The molecule has 0 bridgehead atoms. The number of aryl methyl sites for hydroxylation is 1. The quantitative estimate of drug-likeness (QED) is 0.844. The second-order valence-corrected chi connectivity index (χ2v) is 8.22. The highest BCUT2D eigenvalue weighted by atomic mass is 35.5. The first-order chi connectivity index (χ1) is 13.6. The van der Waals surface area contributed by atoms with Gasteiger partial charge in [0.15, 0.2) is 5.82 Å². The van der Waals surface area contributed by atoms with Crippen molar-refractivity contribution in [2.24, 2.45) is 5.92 Å². The molecule has 28 heavy (non-hydrogen) atoms. The van der Waals surface area contributed by atoms with Gasteiger partial charge in [-0.15, -0.1) is 10.2 Å². The molecule has 3 heterocycles. The van der Waals surface area contributed by atoms with Gasteiger partial charge in [0, 0.05) is 18.1 Å². The summed E-state index contributed by atoms with van der Waals surface area (Å²) in [5.41, 5.74) is 1.79. The van der Waals surface area contributed by atoms with Gasteiger partial charge in [0.2, 0.25) is 0 Å². The van der Waals surface area contributed by atoms with Crippen molar-refractivity contribution in [1.82, 2.24) is 25.0 Å². The number of nitrogens with zero attached hydrogens (tertiary/aromatic N) is 4. The summed E-state index contributed by atoms with van der Waals surface area (Å²) in [6, 6.07) is 7.86. The van der Waals surface area contributed by atoms with Crippen LogP contribution in [0.15, 0.2) is 42.1 Å². The number of rotatable bonds is 5. The first-order valence-corrected chi connectivity index (χ1v) is 10.1. The number of halogens is 1. The number of carbonyl (C=O) groups is 1. The lowest BCUT2D eigenvalue weighted by atomic mass is 10.1. The molecule has 1 amide bonds. The molecule has 0 spiro atoms. The molecule has 1 saturated carbocycles. The van der Waals surface area contributed by atoms with E-state index in [1.807, 2.05) is 37.3 Å². The Kier molecular flexibility index (Phi) is 4.23. The Bertz CT molecular complexity index is 990. The minimum absolute atomic E-state index is 0.0101. The number of nitrogens with one attached hydrogen (secondary N) is 1. The molecule has 1 fully saturated rings. The van der Waals surface area contributed by atoms with Crippen LogP contribution in [0, 0.1) is 12.8 Å². The van der Waals surface area contributed by atoms with Gasteiger partial charge in [-0.05, 0) is 55.5 Å². The summed E-state index contributed by atoms with van der Waals surface area (Å²) in [5.74, 6) is 2.32. The second-order valence-electron chi connectivity index (χ2n) is 7.78. The van der Waals surface area contributed by atoms with E-state index < -0.39 is 0 Å². The van der Waals surface area contributed by atoms with E-state index in [1.165, 1.54) is 12.8 Å². The summed E-state index contributed by atoms with van der Waals surface area (Å²) in [6.07, 6.45) is 8.59. The molecular weight excluding hydrogens is 374 g/mol. The van der Waals surface area contributed by atoms with Crippen LogP contribution >= 0.6 is 11.6 Å². The summed E-state index contributed by atoms with van der Waals surface area (Å²) in [6.45, 7) is 3.32. The summed E-state index contributed by atoms with van der Waals surface area (Å²) in [4.78, 5) is 15.2. The summed E-state index contributed by atoms with van der Waals surface area (Å²) < 4.78 is 2.11. The average molecular weight is 396 g/mol. The molecule has 2 aliphatic heterocycles. The highest BCUT2D eigenvalue weighted by Crippen LogP contribution is 2.38. The molecule has 1 aliphatic carbocycles. The molecule has 6 nitrogen and oxygen atoms in total. The lowest BCUT2D eigenvalue weighted by Crippen LogP contribution is -2.39. The first-order valence-electron chi connectivity index (χ1n) is 9.71. The van der Waals surface area contributed by atoms with E-state index in [2.05, 4.69) is 37.1 Å². The average Bonchev–Trinajstić information content (AvgIpc) is 3.34. The van der Waals surface area contributed by atoms with Crippen LogP contribution in [0.2, 0.25) is 5.02 Å². The van der Waals surface area contributed by atoms with E-state index >= 15 is 0 Å². The second kappa shape index (κ2) is 6.78. The van der Waals surface area contributed by atoms with Crippen LogP contribution in [-0.4, -0.2) is 38.2 Å². The van der Waals surface area contributed by atoms with Gasteiger partial charge >= 0.3 is 0 Å². The molecule has 2 unspecified atom stereocenters. The zero-order valence-electron chi connectivity index (χ0n) is 15.7. The largest absolute Gasteiger partial charge is 0.354 e. The van der Waals surface area contributed by atoms with Gasteiger partial charge in [-0.2, -0.15) is 0 Å². The molecule has 3 aliphatic rings. The number of hydrogen-bond acceptors (Lipinski definition) is 4. The molecule has 7 heteroatoms. The van der Waals surface area contributed by atoms with Crippen molar-refractivity contribution in [2.45, 2.75) is 38.4 Å². The first kappa shape index (κ1) is 17.5. The Morgan fingerprint density at radius 2 is 2.14 bits per heavy atom. The van der Waals surface area contributed by atoms with Crippen molar-refractivity contribution in [3.63, 3.8) is 0 Å². The summed E-state index contributed by atoms with van der Waals surface area (Å²) >= 11 is 6.18. The predicted octanol–water partition coefficient (Wildman–Crippen LogP) is 3.10. The number of carbonyl (C=O) groups excluding carboxylic acids is 1. The molecule has 5 rings (SSSR count). The molecule has 1 aromatic carbocycles. The lowest BCUT2D eigenvalue weighted by molar-refractivity contribution is -0.119. The van der Waals surface area contributed by atoms with E-state index in [1.54, 1.807) is 0 Å². The normalized spacial score (nSPS) is 22.6. The van der Waals surface area contributed by atoms with Gasteiger partial charge in [-0.25, -0.2) is 0 Å². The van der Waals surface area contributed by atoms with Gasteiger partial charge < -0.3 is 14.8 Å². The van der Waals surface area contributed by atoms with Crippen LogP contribution in [0.25, 0.3) is 6.08 Å². The number of amides is 1. The lowest BCUT2D eigenvalue weighted by Gasteiger charge is -2.32. The highest BCUT2D eigenvalue weighted by molar-refractivity contribution is 6.30. The molecule has 0 radical (unpaired) electrons. The fraction of sp³-hybridized carbons (Fsp3) is 0.381. The van der Waals surface area contributed by atoms with Gasteiger partial charge in [0.05, 0.1) is 12.1 Å². The number of aromatic nitrogens is 3. The van der Waals surface area contributed by atoms with Gasteiger partial charge in [-0.1, -0.05) is 29.8 Å². The maximum absolute atomic E-state index is 13.0. The SMILES string of the molecule is Cc1nnc2n1C1C=C(C(=O)NCC3CC3)N(Cc3cccc(Cl)c3)C1C=C2. The zero-order valence-corrected chi connectivity index (χ0v) is 16.4. The third-order valence-electron chi connectivity index (χ3n) is 5.70.